The molecule has 1 atom stereocenters. The minimum absolute atomic E-state index is 0.504. The van der Waals surface area contributed by atoms with E-state index in [1.54, 1.807) is 6.33 Å². The van der Waals surface area contributed by atoms with Crippen LogP contribution in [0, 0.1) is 0 Å². The maximum atomic E-state index is 4.54. The number of anilines is 2. The van der Waals surface area contributed by atoms with Crippen LogP contribution >= 0.6 is 0 Å². The molecule has 0 bridgehead atoms. The molecule has 4 nitrogen and oxygen atoms in total. The second-order valence-electron chi connectivity index (χ2n) is 5.45. The van der Waals surface area contributed by atoms with Gasteiger partial charge in [0, 0.05) is 25.2 Å². The highest BCUT2D eigenvalue weighted by atomic mass is 15.2. The quantitative estimate of drug-likeness (QED) is 0.744. The Bertz CT molecular complexity index is 392. The van der Waals surface area contributed by atoms with Gasteiger partial charge in [-0.3, -0.25) is 0 Å². The molecule has 0 amide bonds. The van der Waals surface area contributed by atoms with Crippen LogP contribution in [0.1, 0.15) is 58.9 Å². The predicted octanol–water partition coefficient (Wildman–Crippen LogP) is 3.88. The van der Waals surface area contributed by atoms with Gasteiger partial charge in [-0.1, -0.05) is 33.6 Å². The molecule has 0 radical (unpaired) electrons. The maximum absolute atomic E-state index is 4.54. The Balaban J connectivity index is 3.03. The second kappa shape index (κ2) is 8.77. The summed E-state index contributed by atoms with van der Waals surface area (Å²) in [6.07, 6.45) is 7.29. The van der Waals surface area contributed by atoms with Crippen LogP contribution in [0.3, 0.4) is 0 Å². The predicted molar refractivity (Wildman–Crippen MR) is 87.6 cm³/mol. The standard InChI is InChI=1S/C16H30N4/c1-6-9-13(4)20(5)16-14(10-7-2)15(17-11-8-3)18-12-19-16/h12-13H,6-11H2,1-5H3,(H,17,18,19). The number of aromatic nitrogens is 2. The van der Waals surface area contributed by atoms with Crippen LogP contribution in [-0.2, 0) is 6.42 Å². The molecular weight excluding hydrogens is 248 g/mol. The molecule has 0 fully saturated rings. The van der Waals surface area contributed by atoms with Crippen LogP contribution < -0.4 is 10.2 Å². The molecule has 1 aromatic rings. The van der Waals surface area contributed by atoms with E-state index in [1.165, 1.54) is 18.4 Å². The van der Waals surface area contributed by atoms with Crippen LogP contribution in [0.2, 0.25) is 0 Å². The number of nitrogens with zero attached hydrogens (tertiary/aromatic N) is 3. The Morgan fingerprint density at radius 3 is 2.50 bits per heavy atom. The molecule has 1 aromatic heterocycles. The van der Waals surface area contributed by atoms with Crippen molar-refractivity contribution in [3.8, 4) is 0 Å². The number of hydrogen-bond acceptors (Lipinski definition) is 4. The second-order valence-corrected chi connectivity index (χ2v) is 5.45. The summed E-state index contributed by atoms with van der Waals surface area (Å²) in [5.41, 5.74) is 1.26. The molecule has 0 saturated heterocycles. The molecule has 1 rings (SSSR count). The lowest BCUT2D eigenvalue weighted by Gasteiger charge is -2.28. The zero-order valence-electron chi connectivity index (χ0n) is 13.7. The lowest BCUT2D eigenvalue weighted by molar-refractivity contribution is 0.608. The van der Waals surface area contributed by atoms with Crippen molar-refractivity contribution in [2.45, 2.75) is 65.8 Å². The molecular formula is C16H30N4. The highest BCUT2D eigenvalue weighted by Gasteiger charge is 2.17. The zero-order valence-corrected chi connectivity index (χ0v) is 13.7. The van der Waals surface area contributed by atoms with E-state index in [0.29, 0.717) is 6.04 Å². The lowest BCUT2D eigenvalue weighted by atomic mass is 10.1. The van der Waals surface area contributed by atoms with Gasteiger partial charge in [-0.05, 0) is 26.2 Å². The van der Waals surface area contributed by atoms with Crippen molar-refractivity contribution in [2.75, 3.05) is 23.8 Å². The fraction of sp³-hybridized carbons (Fsp3) is 0.750. The zero-order chi connectivity index (χ0) is 15.0. The van der Waals surface area contributed by atoms with Crippen molar-refractivity contribution in [1.29, 1.82) is 0 Å². The molecule has 0 aromatic carbocycles. The number of hydrogen-bond donors (Lipinski definition) is 1. The van der Waals surface area contributed by atoms with Crippen molar-refractivity contribution in [2.24, 2.45) is 0 Å². The van der Waals surface area contributed by atoms with E-state index in [-0.39, 0.29) is 0 Å². The Kier molecular flexibility index (Phi) is 7.34. The van der Waals surface area contributed by atoms with Gasteiger partial charge in [-0.15, -0.1) is 0 Å². The van der Waals surface area contributed by atoms with Gasteiger partial charge in [0.15, 0.2) is 0 Å². The first kappa shape index (κ1) is 16.7. The van der Waals surface area contributed by atoms with Gasteiger partial charge >= 0.3 is 0 Å². The van der Waals surface area contributed by atoms with Crippen LogP contribution in [0.4, 0.5) is 11.6 Å². The van der Waals surface area contributed by atoms with Crippen molar-refractivity contribution in [3.63, 3.8) is 0 Å². The van der Waals surface area contributed by atoms with E-state index in [0.717, 1.165) is 37.4 Å². The first-order valence-electron chi connectivity index (χ1n) is 7.96. The average molecular weight is 278 g/mol. The van der Waals surface area contributed by atoms with E-state index >= 15 is 0 Å². The Labute approximate surface area is 124 Å². The average Bonchev–Trinajstić information content (AvgIpc) is 2.45. The van der Waals surface area contributed by atoms with Gasteiger partial charge in [0.05, 0.1) is 0 Å². The van der Waals surface area contributed by atoms with Gasteiger partial charge in [0.1, 0.15) is 18.0 Å². The smallest absolute Gasteiger partial charge is 0.137 e. The van der Waals surface area contributed by atoms with E-state index in [1.807, 2.05) is 0 Å². The van der Waals surface area contributed by atoms with Crippen LogP contribution in [0.15, 0.2) is 6.33 Å². The largest absolute Gasteiger partial charge is 0.370 e. The van der Waals surface area contributed by atoms with Crippen molar-refractivity contribution in [1.82, 2.24) is 9.97 Å². The summed E-state index contributed by atoms with van der Waals surface area (Å²) in [5.74, 6) is 2.09. The fourth-order valence-corrected chi connectivity index (χ4v) is 2.40. The van der Waals surface area contributed by atoms with Gasteiger partial charge in [0.25, 0.3) is 0 Å². The third-order valence-corrected chi connectivity index (χ3v) is 3.67. The normalized spacial score (nSPS) is 12.2. The fourth-order valence-electron chi connectivity index (χ4n) is 2.40. The molecule has 114 valence electrons. The van der Waals surface area contributed by atoms with Crippen LogP contribution in [0.5, 0.6) is 0 Å². The number of rotatable bonds is 9. The molecule has 0 aliphatic heterocycles. The van der Waals surface area contributed by atoms with E-state index in [9.17, 15) is 0 Å². The lowest BCUT2D eigenvalue weighted by Crippen LogP contribution is -2.30. The van der Waals surface area contributed by atoms with Gasteiger partial charge in [-0.2, -0.15) is 0 Å². The molecule has 1 unspecified atom stereocenters. The van der Waals surface area contributed by atoms with Crippen LogP contribution in [-0.4, -0.2) is 29.6 Å². The van der Waals surface area contributed by atoms with E-state index < -0.39 is 0 Å². The summed E-state index contributed by atoms with van der Waals surface area (Å²) in [7, 11) is 2.14. The molecule has 0 aliphatic carbocycles. The van der Waals surface area contributed by atoms with Crippen molar-refractivity contribution in [3.05, 3.63) is 11.9 Å². The molecule has 0 aliphatic rings. The van der Waals surface area contributed by atoms with Crippen molar-refractivity contribution >= 4 is 11.6 Å². The Morgan fingerprint density at radius 2 is 1.90 bits per heavy atom. The molecule has 20 heavy (non-hydrogen) atoms. The SMILES string of the molecule is CCCNc1ncnc(N(C)C(C)CCC)c1CCC. The molecule has 4 heteroatoms. The van der Waals surface area contributed by atoms with Crippen LogP contribution in [0.25, 0.3) is 0 Å². The number of nitrogens with one attached hydrogen (secondary N) is 1. The topological polar surface area (TPSA) is 41.1 Å². The molecule has 0 saturated carbocycles. The minimum Gasteiger partial charge on any atom is -0.370 e. The molecule has 1 N–H and O–H groups in total. The summed E-state index contributed by atoms with van der Waals surface area (Å²) in [5, 5.41) is 3.44. The highest BCUT2D eigenvalue weighted by Crippen LogP contribution is 2.26. The molecule has 0 spiro atoms. The van der Waals surface area contributed by atoms with E-state index in [2.05, 4.69) is 54.9 Å². The third-order valence-electron chi connectivity index (χ3n) is 3.67. The maximum Gasteiger partial charge on any atom is 0.137 e. The Morgan fingerprint density at radius 1 is 1.15 bits per heavy atom. The summed E-state index contributed by atoms with van der Waals surface area (Å²) in [6.45, 7) is 9.83. The first-order valence-corrected chi connectivity index (χ1v) is 7.96. The first-order chi connectivity index (χ1) is 9.65. The van der Waals surface area contributed by atoms with Gasteiger partial charge in [0.2, 0.25) is 0 Å². The summed E-state index contributed by atoms with van der Waals surface area (Å²) in [4.78, 5) is 11.3. The van der Waals surface area contributed by atoms with Gasteiger partial charge in [-0.25, -0.2) is 9.97 Å². The van der Waals surface area contributed by atoms with Gasteiger partial charge < -0.3 is 10.2 Å². The Hall–Kier alpha value is -1.32. The summed E-state index contributed by atoms with van der Waals surface area (Å²) >= 11 is 0. The minimum atomic E-state index is 0.504. The monoisotopic (exact) mass is 278 g/mol. The molecule has 1 heterocycles. The third kappa shape index (κ3) is 4.36. The van der Waals surface area contributed by atoms with E-state index in [4.69, 9.17) is 0 Å². The summed E-state index contributed by atoms with van der Waals surface area (Å²) in [6, 6.07) is 0.504. The van der Waals surface area contributed by atoms with Crippen molar-refractivity contribution < 1.29 is 0 Å². The summed E-state index contributed by atoms with van der Waals surface area (Å²) < 4.78 is 0. The highest BCUT2D eigenvalue weighted by molar-refractivity contribution is 5.59.